The molecule has 19 heavy (non-hydrogen) atoms. The second-order valence-electron chi connectivity index (χ2n) is 5.24. The van der Waals surface area contributed by atoms with E-state index >= 15 is 0 Å². The molecule has 0 spiro atoms. The monoisotopic (exact) mass is 263 g/mol. The number of hydrogen-bond acceptors (Lipinski definition) is 3. The molecule has 1 aromatic carbocycles. The molecule has 0 heterocycles. The van der Waals surface area contributed by atoms with Crippen molar-refractivity contribution in [3.8, 4) is 11.5 Å². The SMILES string of the molecule is CCNC(CCC1CC1)c1cc(OC)ccc1OC. The van der Waals surface area contributed by atoms with Gasteiger partial charge in [-0.05, 0) is 43.5 Å². The van der Waals surface area contributed by atoms with Gasteiger partial charge in [-0.3, -0.25) is 0 Å². The molecule has 3 heteroatoms. The fourth-order valence-corrected chi connectivity index (χ4v) is 2.53. The molecule has 0 aliphatic heterocycles. The zero-order chi connectivity index (χ0) is 13.7. The molecular weight excluding hydrogens is 238 g/mol. The van der Waals surface area contributed by atoms with Gasteiger partial charge >= 0.3 is 0 Å². The fraction of sp³-hybridized carbons (Fsp3) is 0.625. The summed E-state index contributed by atoms with van der Waals surface area (Å²) in [5.74, 6) is 2.80. The first-order valence-electron chi connectivity index (χ1n) is 7.23. The zero-order valence-electron chi connectivity index (χ0n) is 12.2. The van der Waals surface area contributed by atoms with Crippen molar-refractivity contribution in [3.63, 3.8) is 0 Å². The minimum Gasteiger partial charge on any atom is -0.497 e. The van der Waals surface area contributed by atoms with E-state index in [4.69, 9.17) is 9.47 Å². The minimum absolute atomic E-state index is 0.357. The summed E-state index contributed by atoms with van der Waals surface area (Å²) >= 11 is 0. The highest BCUT2D eigenvalue weighted by Gasteiger charge is 2.24. The molecule has 0 radical (unpaired) electrons. The molecule has 0 saturated heterocycles. The van der Waals surface area contributed by atoms with Crippen LogP contribution in [0.15, 0.2) is 18.2 Å². The van der Waals surface area contributed by atoms with Crippen LogP contribution in [0.25, 0.3) is 0 Å². The van der Waals surface area contributed by atoms with Gasteiger partial charge in [0.15, 0.2) is 0 Å². The van der Waals surface area contributed by atoms with Crippen LogP contribution in [0.5, 0.6) is 11.5 Å². The van der Waals surface area contributed by atoms with E-state index in [1.54, 1.807) is 14.2 Å². The Morgan fingerprint density at radius 1 is 1.26 bits per heavy atom. The van der Waals surface area contributed by atoms with Gasteiger partial charge < -0.3 is 14.8 Å². The average molecular weight is 263 g/mol. The zero-order valence-corrected chi connectivity index (χ0v) is 12.2. The van der Waals surface area contributed by atoms with Gasteiger partial charge in [-0.1, -0.05) is 19.8 Å². The molecule has 1 aliphatic rings. The van der Waals surface area contributed by atoms with Crippen LogP contribution in [0.3, 0.4) is 0 Å². The van der Waals surface area contributed by atoms with Crippen molar-refractivity contribution in [2.45, 2.75) is 38.6 Å². The van der Waals surface area contributed by atoms with Gasteiger partial charge in [-0.25, -0.2) is 0 Å². The van der Waals surface area contributed by atoms with Gasteiger partial charge in [0.05, 0.1) is 14.2 Å². The predicted octanol–water partition coefficient (Wildman–Crippen LogP) is 3.54. The summed E-state index contributed by atoms with van der Waals surface area (Å²) in [5.41, 5.74) is 1.21. The van der Waals surface area contributed by atoms with Gasteiger partial charge in [0.25, 0.3) is 0 Å². The Bertz CT molecular complexity index is 402. The Kier molecular flexibility index (Phi) is 5.08. The van der Waals surface area contributed by atoms with Crippen LogP contribution in [0.4, 0.5) is 0 Å². The van der Waals surface area contributed by atoms with E-state index in [1.165, 1.54) is 31.2 Å². The Hall–Kier alpha value is -1.22. The van der Waals surface area contributed by atoms with Crippen molar-refractivity contribution in [3.05, 3.63) is 23.8 Å². The number of methoxy groups -OCH3 is 2. The summed E-state index contributed by atoms with van der Waals surface area (Å²) in [6.45, 7) is 3.12. The fourth-order valence-electron chi connectivity index (χ4n) is 2.53. The van der Waals surface area contributed by atoms with Crippen molar-refractivity contribution in [2.24, 2.45) is 5.92 Å². The first-order chi connectivity index (χ1) is 9.28. The second-order valence-corrected chi connectivity index (χ2v) is 5.24. The highest BCUT2D eigenvalue weighted by molar-refractivity contribution is 5.42. The van der Waals surface area contributed by atoms with E-state index in [0.717, 1.165) is 24.0 Å². The molecule has 106 valence electrons. The van der Waals surface area contributed by atoms with Crippen LogP contribution < -0.4 is 14.8 Å². The van der Waals surface area contributed by atoms with Crippen molar-refractivity contribution >= 4 is 0 Å². The lowest BCUT2D eigenvalue weighted by Crippen LogP contribution is -2.21. The molecule has 1 saturated carbocycles. The number of nitrogens with one attached hydrogen (secondary N) is 1. The van der Waals surface area contributed by atoms with E-state index in [1.807, 2.05) is 12.1 Å². The topological polar surface area (TPSA) is 30.5 Å². The van der Waals surface area contributed by atoms with Crippen LogP contribution in [0, 0.1) is 5.92 Å². The summed E-state index contributed by atoms with van der Waals surface area (Å²) in [7, 11) is 3.44. The molecule has 1 fully saturated rings. The highest BCUT2D eigenvalue weighted by atomic mass is 16.5. The predicted molar refractivity (Wildman–Crippen MR) is 77.9 cm³/mol. The first-order valence-corrected chi connectivity index (χ1v) is 7.23. The van der Waals surface area contributed by atoms with Crippen molar-refractivity contribution in [1.29, 1.82) is 0 Å². The van der Waals surface area contributed by atoms with Crippen molar-refractivity contribution in [1.82, 2.24) is 5.32 Å². The Morgan fingerprint density at radius 2 is 2.05 bits per heavy atom. The molecule has 1 unspecified atom stereocenters. The Balaban J connectivity index is 2.16. The quantitative estimate of drug-likeness (QED) is 0.778. The van der Waals surface area contributed by atoms with E-state index in [2.05, 4.69) is 18.3 Å². The van der Waals surface area contributed by atoms with Crippen LogP contribution in [0.1, 0.15) is 44.2 Å². The normalized spacial score (nSPS) is 16.2. The van der Waals surface area contributed by atoms with Crippen LogP contribution in [0.2, 0.25) is 0 Å². The van der Waals surface area contributed by atoms with E-state index < -0.39 is 0 Å². The summed E-state index contributed by atoms with van der Waals surface area (Å²) in [6.07, 6.45) is 5.29. The number of hydrogen-bond donors (Lipinski definition) is 1. The van der Waals surface area contributed by atoms with E-state index in [-0.39, 0.29) is 0 Å². The molecule has 1 atom stereocenters. The molecule has 1 N–H and O–H groups in total. The number of ether oxygens (including phenoxy) is 2. The van der Waals surface area contributed by atoms with E-state index in [9.17, 15) is 0 Å². The summed E-state index contributed by atoms with van der Waals surface area (Å²) in [6, 6.07) is 6.40. The Labute approximate surface area is 116 Å². The van der Waals surface area contributed by atoms with Crippen molar-refractivity contribution < 1.29 is 9.47 Å². The molecule has 0 amide bonds. The lowest BCUT2D eigenvalue weighted by atomic mass is 9.99. The second kappa shape index (κ2) is 6.80. The Morgan fingerprint density at radius 3 is 2.63 bits per heavy atom. The molecular formula is C16H25NO2. The first kappa shape index (κ1) is 14.2. The van der Waals surface area contributed by atoms with Crippen LogP contribution >= 0.6 is 0 Å². The summed E-state index contributed by atoms with van der Waals surface area (Å²) in [4.78, 5) is 0. The standard InChI is InChI=1S/C16H25NO2/c1-4-17-15(9-7-12-5-6-12)14-11-13(18-2)8-10-16(14)19-3/h8,10-12,15,17H,4-7,9H2,1-3H3. The summed E-state index contributed by atoms with van der Waals surface area (Å²) in [5, 5.41) is 3.57. The molecule has 0 aromatic heterocycles. The van der Waals surface area contributed by atoms with Crippen LogP contribution in [-0.4, -0.2) is 20.8 Å². The minimum atomic E-state index is 0.357. The van der Waals surface area contributed by atoms with Gasteiger partial charge in [0.2, 0.25) is 0 Å². The van der Waals surface area contributed by atoms with E-state index in [0.29, 0.717) is 6.04 Å². The van der Waals surface area contributed by atoms with Crippen molar-refractivity contribution in [2.75, 3.05) is 20.8 Å². The molecule has 2 rings (SSSR count). The lowest BCUT2D eigenvalue weighted by molar-refractivity contribution is 0.384. The third-order valence-corrected chi connectivity index (χ3v) is 3.82. The number of rotatable bonds is 8. The maximum atomic E-state index is 5.50. The largest absolute Gasteiger partial charge is 0.497 e. The molecule has 0 bridgehead atoms. The third-order valence-electron chi connectivity index (χ3n) is 3.82. The molecule has 1 aromatic rings. The third kappa shape index (κ3) is 3.87. The number of benzene rings is 1. The van der Waals surface area contributed by atoms with Gasteiger partial charge in [0.1, 0.15) is 11.5 Å². The molecule has 3 nitrogen and oxygen atoms in total. The van der Waals surface area contributed by atoms with Gasteiger partial charge in [0, 0.05) is 11.6 Å². The summed E-state index contributed by atoms with van der Waals surface area (Å²) < 4.78 is 10.8. The average Bonchev–Trinajstić information content (AvgIpc) is 3.27. The van der Waals surface area contributed by atoms with Gasteiger partial charge in [-0.2, -0.15) is 0 Å². The lowest BCUT2D eigenvalue weighted by Gasteiger charge is -2.21. The maximum Gasteiger partial charge on any atom is 0.123 e. The molecule has 1 aliphatic carbocycles. The van der Waals surface area contributed by atoms with Gasteiger partial charge in [-0.15, -0.1) is 0 Å². The smallest absolute Gasteiger partial charge is 0.123 e. The highest BCUT2D eigenvalue weighted by Crippen LogP contribution is 2.38. The maximum absolute atomic E-state index is 5.50. The van der Waals surface area contributed by atoms with Crippen LogP contribution in [-0.2, 0) is 0 Å².